The van der Waals surface area contributed by atoms with Crippen LogP contribution in [0.25, 0.3) is 0 Å². The molecule has 12 heteroatoms. The second kappa shape index (κ2) is 9.69. The van der Waals surface area contributed by atoms with Gasteiger partial charge in [0.2, 0.25) is 26.0 Å². The Labute approximate surface area is 188 Å². The minimum atomic E-state index is -4.03. The molecular weight excluding hydrogens is 456 g/mol. The van der Waals surface area contributed by atoms with E-state index >= 15 is 0 Å². The molecule has 176 valence electrons. The molecule has 0 radical (unpaired) electrons. The van der Waals surface area contributed by atoms with E-state index in [4.69, 9.17) is 4.52 Å². The highest BCUT2D eigenvalue weighted by Gasteiger charge is 2.29. The van der Waals surface area contributed by atoms with Crippen molar-refractivity contribution in [2.24, 2.45) is 0 Å². The van der Waals surface area contributed by atoms with E-state index in [2.05, 4.69) is 15.2 Å². The number of aromatic nitrogens is 1. The molecule has 32 heavy (non-hydrogen) atoms. The first-order valence-electron chi connectivity index (χ1n) is 10.4. The molecule has 1 saturated heterocycles. The second-order valence-electron chi connectivity index (χ2n) is 7.83. The van der Waals surface area contributed by atoms with Crippen LogP contribution in [0.5, 0.6) is 0 Å². The maximum Gasteiger partial charge on any atom is 0.246 e. The molecule has 2 N–H and O–H groups in total. The van der Waals surface area contributed by atoms with E-state index in [-0.39, 0.29) is 26.9 Å². The molecule has 1 aromatic heterocycles. The lowest BCUT2D eigenvalue weighted by molar-refractivity contribution is -0.117. The average Bonchev–Trinajstić information content (AvgIpc) is 2.92. The Hall–Kier alpha value is -2.28. The molecule has 1 aliphatic heterocycles. The summed E-state index contributed by atoms with van der Waals surface area (Å²) in [6, 6.07) is 4.83. The molecule has 0 aliphatic carbocycles. The summed E-state index contributed by atoms with van der Waals surface area (Å²) in [6.45, 7) is 5.29. The number of nitrogens with one attached hydrogen (secondary N) is 2. The molecule has 1 amide bonds. The normalized spacial score (nSPS) is 17.0. The largest absolute Gasteiger partial charge is 0.360 e. The highest BCUT2D eigenvalue weighted by atomic mass is 32.2. The summed E-state index contributed by atoms with van der Waals surface area (Å²) >= 11 is 0. The van der Waals surface area contributed by atoms with Crippen LogP contribution < -0.4 is 10.0 Å². The first-order valence-corrected chi connectivity index (χ1v) is 13.3. The Balaban J connectivity index is 1.73. The van der Waals surface area contributed by atoms with Gasteiger partial charge in [-0.05, 0) is 51.8 Å². The van der Waals surface area contributed by atoms with Crippen LogP contribution in [0.1, 0.15) is 44.1 Å². The van der Waals surface area contributed by atoms with Crippen molar-refractivity contribution in [3.63, 3.8) is 0 Å². The van der Waals surface area contributed by atoms with Crippen LogP contribution in [-0.4, -0.2) is 51.3 Å². The Kier molecular flexibility index (Phi) is 7.38. The van der Waals surface area contributed by atoms with E-state index in [1.54, 1.807) is 12.1 Å². The fourth-order valence-electron chi connectivity index (χ4n) is 3.62. The quantitative estimate of drug-likeness (QED) is 0.614. The highest BCUT2D eigenvalue weighted by molar-refractivity contribution is 7.89. The number of benzene rings is 1. The number of hydrogen-bond donors (Lipinski definition) is 2. The molecule has 0 saturated carbocycles. The van der Waals surface area contributed by atoms with Gasteiger partial charge >= 0.3 is 0 Å². The minimum Gasteiger partial charge on any atom is -0.360 e. The van der Waals surface area contributed by atoms with Gasteiger partial charge in [0.15, 0.2) is 5.76 Å². The number of aryl methyl sites for hydroxylation is 2. The smallest absolute Gasteiger partial charge is 0.246 e. The van der Waals surface area contributed by atoms with Crippen LogP contribution in [0.3, 0.4) is 0 Å². The number of anilines is 1. The molecule has 1 aromatic carbocycles. The van der Waals surface area contributed by atoms with Gasteiger partial charge in [-0.15, -0.1) is 0 Å². The van der Waals surface area contributed by atoms with Crippen LogP contribution in [-0.2, 0) is 24.8 Å². The predicted molar refractivity (Wildman–Crippen MR) is 118 cm³/mol. The van der Waals surface area contributed by atoms with Crippen molar-refractivity contribution in [2.45, 2.75) is 62.3 Å². The highest BCUT2D eigenvalue weighted by Crippen LogP contribution is 2.23. The third-order valence-corrected chi connectivity index (χ3v) is 8.95. The number of sulfonamides is 2. The van der Waals surface area contributed by atoms with Gasteiger partial charge in [0.1, 0.15) is 10.6 Å². The summed E-state index contributed by atoms with van der Waals surface area (Å²) in [5.74, 6) is -0.515. The molecule has 0 spiro atoms. The fourth-order valence-corrected chi connectivity index (χ4v) is 6.72. The van der Waals surface area contributed by atoms with Crippen molar-refractivity contribution in [1.82, 2.24) is 14.2 Å². The maximum absolute atomic E-state index is 13.0. The lowest BCUT2D eigenvalue weighted by Crippen LogP contribution is -2.41. The second-order valence-corrected chi connectivity index (χ2v) is 11.4. The van der Waals surface area contributed by atoms with E-state index in [0.717, 1.165) is 25.7 Å². The van der Waals surface area contributed by atoms with Crippen molar-refractivity contribution >= 4 is 31.6 Å². The minimum absolute atomic E-state index is 0.0844. The molecule has 2 heterocycles. The molecule has 1 aliphatic rings. The summed E-state index contributed by atoms with van der Waals surface area (Å²) in [6.07, 6.45) is 3.64. The first-order chi connectivity index (χ1) is 15.0. The van der Waals surface area contributed by atoms with E-state index in [1.165, 1.54) is 37.2 Å². The van der Waals surface area contributed by atoms with E-state index in [0.29, 0.717) is 13.1 Å². The van der Waals surface area contributed by atoms with Gasteiger partial charge in [-0.2, -0.15) is 9.03 Å². The molecule has 3 rings (SSSR count). The van der Waals surface area contributed by atoms with Crippen LogP contribution in [0.2, 0.25) is 0 Å². The lowest BCUT2D eigenvalue weighted by atomic mass is 10.2. The maximum atomic E-state index is 13.0. The number of nitrogens with zero attached hydrogens (tertiary/aromatic N) is 2. The Morgan fingerprint density at radius 3 is 2.34 bits per heavy atom. The standard InChI is InChI=1S/C20H28N4O6S2/c1-14-19(16(3)30-22-14)31(26,27)23-15(2)20(25)21-17-9-8-10-18(13-17)32(28,29)24-11-6-4-5-7-12-24/h8-10,13,15,23H,4-7,11-12H2,1-3H3,(H,21,25)/t15-/m0/s1. The van der Waals surface area contributed by atoms with Gasteiger partial charge in [-0.3, -0.25) is 4.79 Å². The van der Waals surface area contributed by atoms with E-state index in [1.807, 2.05) is 0 Å². The summed E-state index contributed by atoms with van der Waals surface area (Å²) in [7, 11) is -7.71. The number of amides is 1. The van der Waals surface area contributed by atoms with Crippen molar-refractivity contribution in [2.75, 3.05) is 18.4 Å². The fraction of sp³-hybridized carbons (Fsp3) is 0.500. The number of carbonyl (C=O) groups is 1. The predicted octanol–water partition coefficient (Wildman–Crippen LogP) is 2.16. The summed E-state index contributed by atoms with van der Waals surface area (Å²) in [4.78, 5) is 12.6. The Bertz CT molecular complexity index is 1160. The summed E-state index contributed by atoms with van der Waals surface area (Å²) < 4.78 is 59.9. The molecule has 2 aromatic rings. The average molecular weight is 485 g/mol. The molecule has 0 bridgehead atoms. The molecule has 10 nitrogen and oxygen atoms in total. The van der Waals surface area contributed by atoms with E-state index < -0.39 is 32.0 Å². The molecule has 0 unspecified atom stereocenters. The monoisotopic (exact) mass is 484 g/mol. The van der Waals surface area contributed by atoms with Gasteiger partial charge in [-0.25, -0.2) is 16.8 Å². The van der Waals surface area contributed by atoms with Crippen LogP contribution >= 0.6 is 0 Å². The van der Waals surface area contributed by atoms with Gasteiger partial charge < -0.3 is 9.84 Å². The van der Waals surface area contributed by atoms with Crippen molar-refractivity contribution in [3.8, 4) is 0 Å². The van der Waals surface area contributed by atoms with E-state index in [9.17, 15) is 21.6 Å². The van der Waals surface area contributed by atoms with Crippen molar-refractivity contribution < 1.29 is 26.2 Å². The first kappa shape index (κ1) is 24.4. The third kappa shape index (κ3) is 5.37. The third-order valence-electron chi connectivity index (χ3n) is 5.27. The zero-order chi connectivity index (χ0) is 23.5. The van der Waals surface area contributed by atoms with Crippen LogP contribution in [0.4, 0.5) is 5.69 Å². The summed E-state index contributed by atoms with van der Waals surface area (Å²) in [5, 5.41) is 6.20. The van der Waals surface area contributed by atoms with Gasteiger partial charge in [0, 0.05) is 18.8 Å². The lowest BCUT2D eigenvalue weighted by Gasteiger charge is -2.20. The zero-order valence-corrected chi connectivity index (χ0v) is 19.9. The van der Waals surface area contributed by atoms with Crippen molar-refractivity contribution in [3.05, 3.63) is 35.7 Å². The van der Waals surface area contributed by atoms with Gasteiger partial charge in [0.05, 0.1) is 10.9 Å². The van der Waals surface area contributed by atoms with Crippen molar-refractivity contribution in [1.29, 1.82) is 0 Å². The molecule has 1 fully saturated rings. The van der Waals surface area contributed by atoms with Gasteiger partial charge in [-0.1, -0.05) is 24.1 Å². The number of carbonyl (C=O) groups excluding carboxylic acids is 1. The van der Waals surface area contributed by atoms with Gasteiger partial charge in [0.25, 0.3) is 0 Å². The Morgan fingerprint density at radius 2 is 1.75 bits per heavy atom. The SMILES string of the molecule is Cc1noc(C)c1S(=O)(=O)N[C@@H](C)C(=O)Nc1cccc(S(=O)(=O)N2CCCCCC2)c1. The molecule has 1 atom stereocenters. The number of hydrogen-bond acceptors (Lipinski definition) is 7. The number of rotatable bonds is 7. The van der Waals surface area contributed by atoms with Crippen LogP contribution in [0, 0.1) is 13.8 Å². The summed E-state index contributed by atoms with van der Waals surface area (Å²) in [5.41, 5.74) is 0.448. The zero-order valence-electron chi connectivity index (χ0n) is 18.3. The van der Waals surface area contributed by atoms with Crippen LogP contribution in [0.15, 0.2) is 38.6 Å². The molecular formula is C20H28N4O6S2. The topological polar surface area (TPSA) is 139 Å². The Morgan fingerprint density at radius 1 is 1.09 bits per heavy atom.